The van der Waals surface area contributed by atoms with Crippen molar-refractivity contribution in [3.8, 4) is 0 Å². The van der Waals surface area contributed by atoms with E-state index in [1.54, 1.807) is 6.08 Å². The Morgan fingerprint density at radius 3 is 2.31 bits per heavy atom. The minimum Gasteiger partial charge on any atom is -0.368 e. The van der Waals surface area contributed by atoms with E-state index in [2.05, 4.69) is 16.0 Å². The van der Waals surface area contributed by atoms with Crippen LogP contribution in [0.2, 0.25) is 0 Å². The molecule has 48 heavy (non-hydrogen) atoms. The molecular formula is C36H48N6O5S. The second-order valence-electron chi connectivity index (χ2n) is 12.7. The molecule has 0 spiro atoms. The lowest BCUT2D eigenvalue weighted by Gasteiger charge is -2.31. The molecule has 0 saturated heterocycles. The van der Waals surface area contributed by atoms with Crippen molar-refractivity contribution in [2.24, 2.45) is 11.5 Å². The van der Waals surface area contributed by atoms with Crippen molar-refractivity contribution in [1.29, 1.82) is 0 Å². The maximum absolute atomic E-state index is 14.2. The molecular weight excluding hydrogens is 629 g/mol. The summed E-state index contributed by atoms with van der Waals surface area (Å²) in [5.74, 6) is -2.30. The standard InChI is InChI=1S/C36H48N6O5S/c1-24(43)39-19-8-7-14-29(33(37)45)41-34(46)31(23-28-13-10-20-48-28)42(4)35(47)30(40-32(44)15-9-18-36(2,3)38)22-25-16-17-26-11-5-6-12-27(26)21-25/h5-6,9-13,15-17,20-21,29-31H,7-8,14,18-19,22-23,38H2,1-4H3,(H2,37,45)(H,39,43)(H,40,44)(H,41,46)/b15-9+/t29?,30-,31-/m1/s1. The third-order valence-corrected chi connectivity index (χ3v) is 8.73. The van der Waals surface area contributed by atoms with Crippen molar-refractivity contribution in [2.75, 3.05) is 13.6 Å². The van der Waals surface area contributed by atoms with Gasteiger partial charge in [-0.05, 0) is 73.4 Å². The molecule has 0 saturated carbocycles. The number of thiophene rings is 1. The number of rotatable bonds is 18. The first kappa shape index (κ1) is 37.9. The van der Waals surface area contributed by atoms with Gasteiger partial charge >= 0.3 is 0 Å². The van der Waals surface area contributed by atoms with Gasteiger partial charge in [-0.25, -0.2) is 0 Å². The van der Waals surface area contributed by atoms with Crippen molar-refractivity contribution >= 4 is 51.6 Å². The van der Waals surface area contributed by atoms with Gasteiger partial charge in [0.2, 0.25) is 29.5 Å². The molecule has 3 aromatic rings. The Bertz CT molecular complexity index is 1580. The van der Waals surface area contributed by atoms with Crippen LogP contribution in [0.3, 0.4) is 0 Å². The minimum atomic E-state index is -1.00. The topological polar surface area (TPSA) is 177 Å². The number of nitrogens with two attached hydrogens (primary N) is 2. The largest absolute Gasteiger partial charge is 0.368 e. The van der Waals surface area contributed by atoms with Gasteiger partial charge in [0.25, 0.3) is 0 Å². The number of carbonyl (C=O) groups excluding carboxylic acids is 5. The van der Waals surface area contributed by atoms with Crippen LogP contribution in [0.5, 0.6) is 0 Å². The lowest BCUT2D eigenvalue weighted by Crippen LogP contribution is -2.57. The van der Waals surface area contributed by atoms with Gasteiger partial charge in [0.15, 0.2) is 0 Å². The zero-order valence-corrected chi connectivity index (χ0v) is 29.0. The van der Waals surface area contributed by atoms with Crippen molar-refractivity contribution < 1.29 is 24.0 Å². The Labute approximate surface area is 286 Å². The molecule has 1 unspecified atom stereocenters. The molecule has 7 N–H and O–H groups in total. The summed E-state index contributed by atoms with van der Waals surface area (Å²) in [4.78, 5) is 66.8. The molecule has 0 aliphatic rings. The summed E-state index contributed by atoms with van der Waals surface area (Å²) in [6.07, 6.45) is 5.29. The van der Waals surface area contributed by atoms with Gasteiger partial charge < -0.3 is 32.3 Å². The average molecular weight is 677 g/mol. The molecule has 3 rings (SSSR count). The number of nitrogens with one attached hydrogen (secondary N) is 3. The second-order valence-corrected chi connectivity index (χ2v) is 13.8. The predicted molar refractivity (Wildman–Crippen MR) is 190 cm³/mol. The molecule has 0 bridgehead atoms. The Morgan fingerprint density at radius 2 is 1.67 bits per heavy atom. The summed E-state index contributed by atoms with van der Waals surface area (Å²) in [5, 5.41) is 12.2. The van der Waals surface area contributed by atoms with E-state index in [0.717, 1.165) is 21.2 Å². The molecule has 2 aromatic carbocycles. The van der Waals surface area contributed by atoms with Crippen LogP contribution in [0.4, 0.5) is 0 Å². The van der Waals surface area contributed by atoms with Crippen LogP contribution in [-0.4, -0.2) is 71.7 Å². The summed E-state index contributed by atoms with van der Waals surface area (Å²) in [6.45, 7) is 5.57. The molecule has 1 aromatic heterocycles. The predicted octanol–water partition coefficient (Wildman–Crippen LogP) is 2.96. The number of likely N-dealkylation sites (N-methyl/N-ethyl adjacent to an activating group) is 1. The first-order valence-corrected chi connectivity index (χ1v) is 17.0. The molecule has 0 aliphatic carbocycles. The molecule has 11 nitrogen and oxygen atoms in total. The highest BCUT2D eigenvalue weighted by molar-refractivity contribution is 7.09. The Balaban J connectivity index is 1.86. The maximum atomic E-state index is 14.2. The smallest absolute Gasteiger partial charge is 0.245 e. The lowest BCUT2D eigenvalue weighted by molar-refractivity contribution is -0.142. The van der Waals surface area contributed by atoms with E-state index in [1.807, 2.05) is 73.8 Å². The Kier molecular flexibility index (Phi) is 14.3. The van der Waals surface area contributed by atoms with E-state index in [-0.39, 0.29) is 25.2 Å². The Hall–Kier alpha value is -4.55. The number of benzene rings is 2. The molecule has 1 heterocycles. The van der Waals surface area contributed by atoms with E-state index in [1.165, 1.54) is 36.3 Å². The first-order valence-electron chi connectivity index (χ1n) is 16.1. The zero-order chi connectivity index (χ0) is 35.3. The maximum Gasteiger partial charge on any atom is 0.245 e. The van der Waals surface area contributed by atoms with Crippen LogP contribution in [0, 0.1) is 0 Å². The van der Waals surface area contributed by atoms with Crippen LogP contribution in [-0.2, 0) is 36.8 Å². The molecule has 258 valence electrons. The number of amides is 5. The van der Waals surface area contributed by atoms with E-state index in [0.29, 0.717) is 25.8 Å². The van der Waals surface area contributed by atoms with E-state index in [4.69, 9.17) is 11.5 Å². The number of nitrogens with zero attached hydrogens (tertiary/aromatic N) is 1. The highest BCUT2D eigenvalue weighted by Gasteiger charge is 2.34. The second kappa shape index (κ2) is 18.1. The van der Waals surface area contributed by atoms with Gasteiger partial charge in [0, 0.05) is 43.8 Å². The van der Waals surface area contributed by atoms with Crippen LogP contribution >= 0.6 is 11.3 Å². The number of carbonyl (C=O) groups is 5. The molecule has 12 heteroatoms. The third-order valence-electron chi connectivity index (χ3n) is 7.83. The first-order chi connectivity index (χ1) is 22.7. The van der Waals surface area contributed by atoms with Crippen LogP contribution in [0.15, 0.2) is 72.1 Å². The van der Waals surface area contributed by atoms with Gasteiger partial charge in [0.05, 0.1) is 0 Å². The Morgan fingerprint density at radius 1 is 0.938 bits per heavy atom. The van der Waals surface area contributed by atoms with Crippen LogP contribution in [0.25, 0.3) is 10.8 Å². The van der Waals surface area contributed by atoms with E-state index >= 15 is 0 Å². The molecule has 0 radical (unpaired) electrons. The fourth-order valence-electron chi connectivity index (χ4n) is 5.21. The molecule has 5 amide bonds. The molecule has 0 aliphatic heterocycles. The summed E-state index contributed by atoms with van der Waals surface area (Å²) in [7, 11) is 1.53. The number of unbranched alkanes of at least 4 members (excludes halogenated alkanes) is 1. The van der Waals surface area contributed by atoms with Gasteiger partial charge in [0.1, 0.15) is 18.1 Å². The van der Waals surface area contributed by atoms with Crippen LogP contribution < -0.4 is 27.4 Å². The highest BCUT2D eigenvalue weighted by atomic mass is 32.1. The number of primary amides is 1. The SMILES string of the molecule is CC(=O)NCCCCC(NC(=O)[C@@H](Cc1cccs1)N(C)C(=O)[C@@H](Cc1ccc2ccccc2c1)NC(=O)/C=C/CC(C)(C)N)C(N)=O. The number of hydrogen-bond donors (Lipinski definition) is 5. The highest BCUT2D eigenvalue weighted by Crippen LogP contribution is 2.19. The monoisotopic (exact) mass is 676 g/mol. The van der Waals surface area contributed by atoms with Gasteiger partial charge in [-0.3, -0.25) is 24.0 Å². The molecule has 3 atom stereocenters. The van der Waals surface area contributed by atoms with Gasteiger partial charge in [-0.1, -0.05) is 54.6 Å². The summed E-state index contributed by atoms with van der Waals surface area (Å²) in [5.41, 5.74) is 12.0. The van der Waals surface area contributed by atoms with E-state index in [9.17, 15) is 24.0 Å². The van der Waals surface area contributed by atoms with Gasteiger partial charge in [-0.2, -0.15) is 0 Å². The third kappa shape index (κ3) is 12.6. The van der Waals surface area contributed by atoms with Crippen molar-refractivity contribution in [1.82, 2.24) is 20.9 Å². The van der Waals surface area contributed by atoms with Crippen molar-refractivity contribution in [3.63, 3.8) is 0 Å². The summed E-state index contributed by atoms with van der Waals surface area (Å²) in [6, 6.07) is 14.5. The zero-order valence-electron chi connectivity index (χ0n) is 28.2. The average Bonchev–Trinajstić information content (AvgIpc) is 3.54. The summed E-state index contributed by atoms with van der Waals surface area (Å²) >= 11 is 1.45. The van der Waals surface area contributed by atoms with Crippen molar-refractivity contribution in [2.45, 2.75) is 83.0 Å². The van der Waals surface area contributed by atoms with Crippen LogP contribution in [0.1, 0.15) is 56.9 Å². The normalized spacial score (nSPS) is 13.4. The lowest BCUT2D eigenvalue weighted by atomic mass is 9.99. The molecule has 0 fully saturated rings. The van der Waals surface area contributed by atoms with Gasteiger partial charge in [-0.15, -0.1) is 11.3 Å². The fraction of sp³-hybridized carbons (Fsp3) is 0.417. The minimum absolute atomic E-state index is 0.149. The number of hydrogen-bond acceptors (Lipinski definition) is 7. The van der Waals surface area contributed by atoms with E-state index < -0.39 is 47.3 Å². The number of fused-ring (bicyclic) bond motifs is 1. The van der Waals surface area contributed by atoms with Crippen molar-refractivity contribution in [3.05, 3.63) is 82.6 Å². The quantitative estimate of drug-likeness (QED) is 0.102. The summed E-state index contributed by atoms with van der Waals surface area (Å²) < 4.78 is 0. The fourth-order valence-corrected chi connectivity index (χ4v) is 5.95.